The minimum Gasteiger partial charge on any atom is -0.453 e. The molecule has 3 unspecified atom stereocenters. The van der Waals surface area contributed by atoms with Crippen molar-refractivity contribution >= 4 is 17.9 Å². The molecule has 0 radical (unpaired) electrons. The van der Waals surface area contributed by atoms with E-state index < -0.39 is 18.2 Å². The molecule has 1 aliphatic heterocycles. The standard InChI is InChI=1S/C46H54N8O5/c1-26(2)35-19-28(21-47-23-35)22-50-44(55)40-34-17-16-33(20-34)39(40)43-49-25-37(52-43)32-14-10-30(11-15-32)29-8-12-31(13-9-29)36-24-48-42(51-36)38-7-6-18-54(38)45(56)41(27(3)58-4)53-46(57)59-5/h8-15,19,21,23-27,33-34,38-41H,6-7,16-18,20,22H2,1-5H3,(H,48,51)(H,49,52)(H,50,55)(H,53,57)/t27-,33?,34?,38+,39?,40+,41+/m1/s1. The van der Waals surface area contributed by atoms with Gasteiger partial charge in [-0.15, -0.1) is 0 Å². The minimum atomic E-state index is -0.886. The highest BCUT2D eigenvalue weighted by atomic mass is 16.5. The highest BCUT2D eigenvalue weighted by Crippen LogP contribution is 2.56. The van der Waals surface area contributed by atoms with Crippen molar-refractivity contribution in [3.63, 3.8) is 0 Å². The van der Waals surface area contributed by atoms with Crippen molar-refractivity contribution in [1.82, 2.24) is 40.5 Å². The van der Waals surface area contributed by atoms with Crippen LogP contribution >= 0.6 is 0 Å². The van der Waals surface area contributed by atoms with Gasteiger partial charge in [-0.1, -0.05) is 68.4 Å². The zero-order valence-electron chi connectivity index (χ0n) is 34.4. The summed E-state index contributed by atoms with van der Waals surface area (Å²) in [6.07, 6.45) is 11.1. The van der Waals surface area contributed by atoms with Crippen LogP contribution in [0.15, 0.2) is 79.4 Å². The predicted octanol–water partition coefficient (Wildman–Crippen LogP) is 7.52. The summed E-state index contributed by atoms with van der Waals surface area (Å²) in [6, 6.07) is 17.8. The molecular formula is C46H54N8O5. The van der Waals surface area contributed by atoms with E-state index in [2.05, 4.69) is 99.0 Å². The average Bonchev–Trinajstić information content (AvgIpc) is 4.13. The molecule has 2 saturated carbocycles. The van der Waals surface area contributed by atoms with Gasteiger partial charge in [0, 0.05) is 38.5 Å². The number of imidazole rings is 2. The number of hydrogen-bond donors (Lipinski definition) is 4. The number of nitrogens with zero attached hydrogens (tertiary/aromatic N) is 4. The predicted molar refractivity (Wildman–Crippen MR) is 224 cm³/mol. The van der Waals surface area contributed by atoms with Crippen molar-refractivity contribution in [1.29, 1.82) is 0 Å². The summed E-state index contributed by atoms with van der Waals surface area (Å²) in [5, 5.41) is 5.87. The lowest BCUT2D eigenvalue weighted by Gasteiger charge is -2.30. The molecule has 7 atom stereocenters. The Labute approximate surface area is 345 Å². The quantitative estimate of drug-likeness (QED) is 0.0949. The van der Waals surface area contributed by atoms with Gasteiger partial charge in [0.15, 0.2) is 0 Å². The lowest BCUT2D eigenvalue weighted by Crippen LogP contribution is -2.54. The van der Waals surface area contributed by atoms with Crippen LogP contribution in [-0.2, 0) is 25.6 Å². The summed E-state index contributed by atoms with van der Waals surface area (Å²) < 4.78 is 10.2. The maximum atomic E-state index is 13.7. The number of carbonyl (C=O) groups is 3. The SMILES string of the molecule is COC(=O)N[C@H](C(=O)N1CCC[C@H]1c1ncc(-c2ccc(-c3ccc(-c4cnc(C5C6CCC(C6)[C@@H]5C(=O)NCc5cncc(C(C)C)c5)[nH]4)cc3)cc2)[nH]1)[C@@H](C)OC. The summed E-state index contributed by atoms with van der Waals surface area (Å²) in [5.41, 5.74) is 8.19. The number of fused-ring (bicyclic) bond motifs is 2. The molecule has 13 heteroatoms. The molecule has 0 spiro atoms. The van der Waals surface area contributed by atoms with Crippen molar-refractivity contribution in [2.75, 3.05) is 20.8 Å². The molecule has 4 heterocycles. The molecule has 2 aliphatic carbocycles. The molecule has 308 valence electrons. The van der Waals surface area contributed by atoms with E-state index in [-0.39, 0.29) is 29.7 Å². The second-order valence-electron chi connectivity index (χ2n) is 16.6. The van der Waals surface area contributed by atoms with E-state index in [1.54, 1.807) is 18.0 Å². The van der Waals surface area contributed by atoms with Gasteiger partial charge in [-0.2, -0.15) is 0 Å². The van der Waals surface area contributed by atoms with Gasteiger partial charge in [0.25, 0.3) is 0 Å². The Bertz CT molecular complexity index is 2270. The molecule has 3 aliphatic rings. The minimum absolute atomic E-state index is 0.0818. The Hall–Kier alpha value is -5.82. The summed E-state index contributed by atoms with van der Waals surface area (Å²) in [4.78, 5) is 62.2. The smallest absolute Gasteiger partial charge is 0.407 e. The summed E-state index contributed by atoms with van der Waals surface area (Å²) in [7, 11) is 2.77. The third-order valence-corrected chi connectivity index (χ3v) is 12.8. The topological polar surface area (TPSA) is 167 Å². The highest BCUT2D eigenvalue weighted by molar-refractivity contribution is 5.87. The first-order chi connectivity index (χ1) is 28.6. The lowest BCUT2D eigenvalue weighted by atomic mass is 9.78. The van der Waals surface area contributed by atoms with Gasteiger partial charge in [0.05, 0.1) is 49.0 Å². The molecule has 1 saturated heterocycles. The fourth-order valence-electron chi connectivity index (χ4n) is 9.47. The van der Waals surface area contributed by atoms with Crippen LogP contribution in [-0.4, -0.2) is 80.6 Å². The number of amides is 3. The van der Waals surface area contributed by atoms with Crippen molar-refractivity contribution in [3.8, 4) is 33.6 Å². The van der Waals surface area contributed by atoms with Crippen molar-refractivity contribution in [3.05, 3.63) is 102 Å². The number of nitrogens with one attached hydrogen (secondary N) is 4. The lowest BCUT2D eigenvalue weighted by molar-refractivity contribution is -0.137. The molecule has 5 aromatic rings. The van der Waals surface area contributed by atoms with E-state index in [1.807, 2.05) is 18.6 Å². The second-order valence-corrected chi connectivity index (χ2v) is 16.6. The van der Waals surface area contributed by atoms with E-state index in [4.69, 9.17) is 14.5 Å². The van der Waals surface area contributed by atoms with Crippen LogP contribution in [0.5, 0.6) is 0 Å². The fraction of sp³-hybridized carbons (Fsp3) is 0.435. The van der Waals surface area contributed by atoms with Gasteiger partial charge in [0.2, 0.25) is 11.8 Å². The summed E-state index contributed by atoms with van der Waals surface area (Å²) in [5.74, 6) is 2.71. The van der Waals surface area contributed by atoms with Gasteiger partial charge in [0.1, 0.15) is 17.7 Å². The van der Waals surface area contributed by atoms with Crippen LogP contribution in [0.25, 0.3) is 33.6 Å². The first kappa shape index (κ1) is 40.0. The molecule has 4 N–H and O–H groups in total. The molecular weight excluding hydrogens is 745 g/mol. The number of carbonyl (C=O) groups excluding carboxylic acids is 3. The van der Waals surface area contributed by atoms with Crippen LogP contribution in [0, 0.1) is 17.8 Å². The molecule has 2 aromatic carbocycles. The number of benzene rings is 2. The number of methoxy groups -OCH3 is 2. The van der Waals surface area contributed by atoms with Crippen LogP contribution in [0.3, 0.4) is 0 Å². The monoisotopic (exact) mass is 798 g/mol. The first-order valence-corrected chi connectivity index (χ1v) is 20.8. The number of ether oxygens (including phenoxy) is 2. The molecule has 8 rings (SSSR count). The molecule has 3 amide bonds. The maximum absolute atomic E-state index is 13.7. The molecule has 3 aromatic heterocycles. The first-order valence-electron chi connectivity index (χ1n) is 20.8. The van der Waals surface area contributed by atoms with Crippen LogP contribution < -0.4 is 10.6 Å². The molecule has 3 fully saturated rings. The normalized spacial score (nSPS) is 22.1. The fourth-order valence-corrected chi connectivity index (χ4v) is 9.47. The van der Waals surface area contributed by atoms with E-state index >= 15 is 0 Å². The van der Waals surface area contributed by atoms with Gasteiger partial charge in [-0.3, -0.25) is 14.6 Å². The van der Waals surface area contributed by atoms with Crippen molar-refractivity contribution < 1.29 is 23.9 Å². The largest absolute Gasteiger partial charge is 0.453 e. The zero-order chi connectivity index (χ0) is 41.2. The van der Waals surface area contributed by atoms with Crippen molar-refractivity contribution in [2.24, 2.45) is 17.8 Å². The number of rotatable bonds is 13. The number of aromatic amines is 2. The number of alkyl carbamates (subject to hydrolysis) is 1. The van der Waals surface area contributed by atoms with Crippen molar-refractivity contribution in [2.45, 2.75) is 89.4 Å². The van der Waals surface area contributed by atoms with Gasteiger partial charge in [-0.25, -0.2) is 14.8 Å². The average molecular weight is 799 g/mol. The zero-order valence-corrected chi connectivity index (χ0v) is 34.4. The van der Waals surface area contributed by atoms with Gasteiger partial charge >= 0.3 is 6.09 Å². The number of pyridine rings is 1. The number of H-pyrrole nitrogens is 2. The Morgan fingerprint density at radius 2 is 1.44 bits per heavy atom. The molecule has 59 heavy (non-hydrogen) atoms. The summed E-state index contributed by atoms with van der Waals surface area (Å²) >= 11 is 0. The summed E-state index contributed by atoms with van der Waals surface area (Å²) in [6.45, 7) is 7.08. The molecule has 13 nitrogen and oxygen atoms in total. The Morgan fingerprint density at radius 1 is 0.814 bits per heavy atom. The maximum Gasteiger partial charge on any atom is 0.407 e. The number of aromatic nitrogens is 5. The Kier molecular flexibility index (Phi) is 11.6. The van der Waals surface area contributed by atoms with Gasteiger partial charge < -0.3 is 35.0 Å². The van der Waals surface area contributed by atoms with Crippen LogP contribution in [0.1, 0.15) is 93.5 Å². The number of likely N-dealkylation sites (tertiary alicyclic amines) is 1. The van der Waals surface area contributed by atoms with E-state index in [1.165, 1.54) is 19.8 Å². The number of hydrogen-bond acceptors (Lipinski definition) is 8. The van der Waals surface area contributed by atoms with E-state index in [0.29, 0.717) is 36.7 Å². The second kappa shape index (κ2) is 17.2. The highest BCUT2D eigenvalue weighted by Gasteiger charge is 2.52. The molecule has 2 bridgehead atoms. The van der Waals surface area contributed by atoms with Gasteiger partial charge in [-0.05, 0) is 90.2 Å². The van der Waals surface area contributed by atoms with E-state index in [9.17, 15) is 14.4 Å². The third-order valence-electron chi connectivity index (χ3n) is 12.8. The van der Waals surface area contributed by atoms with E-state index in [0.717, 1.165) is 77.1 Å². The van der Waals surface area contributed by atoms with Crippen LogP contribution in [0.4, 0.5) is 4.79 Å². The Balaban J connectivity index is 0.911. The Morgan fingerprint density at radius 3 is 2.08 bits per heavy atom. The third kappa shape index (κ3) is 8.25. The van der Waals surface area contributed by atoms with Crippen LogP contribution in [0.2, 0.25) is 0 Å².